The zero-order valence-electron chi connectivity index (χ0n) is 16.9. The molecule has 0 saturated heterocycles. The zero-order chi connectivity index (χ0) is 21.1. The lowest BCUT2D eigenvalue weighted by Gasteiger charge is -2.10. The van der Waals surface area contributed by atoms with Crippen molar-refractivity contribution in [3.05, 3.63) is 114 Å². The lowest BCUT2D eigenvalue weighted by atomic mass is 10.2. The number of rotatable bonds is 9. The highest BCUT2D eigenvalue weighted by molar-refractivity contribution is 5.79. The third-order valence-corrected chi connectivity index (χ3v) is 4.31. The molecule has 1 aromatic heterocycles. The number of nitrogens with one attached hydrogen (secondary N) is 1. The number of hydrogen-bond acceptors (Lipinski definition) is 6. The Balaban J connectivity index is 1.48. The van der Waals surface area contributed by atoms with Gasteiger partial charge >= 0.3 is 6.01 Å². The van der Waals surface area contributed by atoms with Crippen molar-refractivity contribution in [3.63, 3.8) is 0 Å². The molecular formula is C25H22N4O2. The van der Waals surface area contributed by atoms with Gasteiger partial charge in [0.25, 0.3) is 0 Å². The first-order chi connectivity index (χ1) is 15.3. The van der Waals surface area contributed by atoms with Crippen LogP contribution in [0.15, 0.2) is 102 Å². The summed E-state index contributed by atoms with van der Waals surface area (Å²) in [6, 6.07) is 31.5. The van der Waals surface area contributed by atoms with Crippen LogP contribution in [0.25, 0.3) is 0 Å². The molecule has 0 radical (unpaired) electrons. The molecule has 0 saturated carbocycles. The fourth-order valence-electron chi connectivity index (χ4n) is 2.77. The molecule has 6 heteroatoms. The van der Waals surface area contributed by atoms with Gasteiger partial charge in [0.1, 0.15) is 13.2 Å². The highest BCUT2D eigenvalue weighted by Crippen LogP contribution is 2.20. The van der Waals surface area contributed by atoms with Crippen molar-refractivity contribution >= 4 is 12.0 Å². The summed E-state index contributed by atoms with van der Waals surface area (Å²) < 4.78 is 11.7. The van der Waals surface area contributed by atoms with Gasteiger partial charge in [0, 0.05) is 6.07 Å². The molecule has 0 aliphatic carbocycles. The lowest BCUT2D eigenvalue weighted by molar-refractivity contribution is 0.259. The number of aromatic nitrogens is 2. The molecule has 1 N–H and O–H groups in total. The molecule has 3 aromatic carbocycles. The largest absolute Gasteiger partial charge is 0.473 e. The van der Waals surface area contributed by atoms with Crippen molar-refractivity contribution in [2.75, 3.05) is 5.43 Å². The Bertz CT molecular complexity index is 1040. The van der Waals surface area contributed by atoms with Crippen molar-refractivity contribution in [1.29, 1.82) is 0 Å². The third kappa shape index (κ3) is 6.40. The van der Waals surface area contributed by atoms with Crippen LogP contribution in [0.5, 0.6) is 11.9 Å². The molecule has 0 aliphatic heterocycles. The zero-order valence-corrected chi connectivity index (χ0v) is 16.9. The molecule has 0 spiro atoms. The average Bonchev–Trinajstić information content (AvgIpc) is 2.83. The van der Waals surface area contributed by atoms with Gasteiger partial charge in [0.15, 0.2) is 5.82 Å². The van der Waals surface area contributed by atoms with E-state index in [1.54, 1.807) is 12.3 Å². The van der Waals surface area contributed by atoms with Crippen LogP contribution < -0.4 is 14.9 Å². The van der Waals surface area contributed by atoms with Gasteiger partial charge in [-0.15, -0.1) is 0 Å². The Morgan fingerprint density at radius 1 is 0.710 bits per heavy atom. The van der Waals surface area contributed by atoms with Gasteiger partial charge in [0.2, 0.25) is 5.88 Å². The van der Waals surface area contributed by atoms with Crippen molar-refractivity contribution in [2.24, 2.45) is 5.10 Å². The number of hydrazone groups is 1. The van der Waals surface area contributed by atoms with E-state index in [4.69, 9.17) is 9.47 Å². The van der Waals surface area contributed by atoms with Crippen molar-refractivity contribution in [3.8, 4) is 11.9 Å². The summed E-state index contributed by atoms with van der Waals surface area (Å²) in [6.45, 7) is 0.748. The lowest BCUT2D eigenvalue weighted by Crippen LogP contribution is -2.05. The molecule has 4 rings (SSSR count). The monoisotopic (exact) mass is 410 g/mol. The fourth-order valence-corrected chi connectivity index (χ4v) is 2.77. The Labute approximate surface area is 181 Å². The van der Waals surface area contributed by atoms with Crippen LogP contribution in [-0.2, 0) is 13.2 Å². The molecular weight excluding hydrogens is 388 g/mol. The number of benzene rings is 3. The fraction of sp³-hybridized carbons (Fsp3) is 0.0800. The second-order valence-electron chi connectivity index (χ2n) is 6.70. The van der Waals surface area contributed by atoms with Gasteiger partial charge in [-0.2, -0.15) is 15.1 Å². The summed E-state index contributed by atoms with van der Waals surface area (Å²) in [7, 11) is 0. The second kappa shape index (κ2) is 10.5. The average molecular weight is 410 g/mol. The number of nitrogens with zero attached hydrogens (tertiary/aromatic N) is 3. The van der Waals surface area contributed by atoms with Crippen molar-refractivity contribution in [1.82, 2.24) is 9.97 Å². The number of anilines is 1. The molecule has 1 heterocycles. The van der Waals surface area contributed by atoms with Gasteiger partial charge in [-0.05, 0) is 16.7 Å². The molecule has 0 bridgehead atoms. The number of hydrogen-bond donors (Lipinski definition) is 1. The minimum absolute atomic E-state index is 0.215. The highest BCUT2D eigenvalue weighted by Gasteiger charge is 2.08. The summed E-state index contributed by atoms with van der Waals surface area (Å²) in [5, 5.41) is 4.25. The highest BCUT2D eigenvalue weighted by atomic mass is 16.5. The van der Waals surface area contributed by atoms with Crippen LogP contribution in [0, 0.1) is 0 Å². The maximum absolute atomic E-state index is 5.87. The van der Waals surface area contributed by atoms with Crippen LogP contribution in [0.3, 0.4) is 0 Å². The molecule has 6 nitrogen and oxygen atoms in total. The van der Waals surface area contributed by atoms with Crippen LogP contribution in [0.1, 0.15) is 16.7 Å². The molecule has 0 unspecified atom stereocenters. The molecule has 0 atom stereocenters. The van der Waals surface area contributed by atoms with E-state index in [1.807, 2.05) is 91.0 Å². The summed E-state index contributed by atoms with van der Waals surface area (Å²) in [5.74, 6) is 0.882. The minimum atomic E-state index is 0.215. The molecule has 0 fully saturated rings. The van der Waals surface area contributed by atoms with E-state index in [2.05, 4.69) is 20.5 Å². The molecule has 31 heavy (non-hydrogen) atoms. The Hall–Kier alpha value is -4.19. The van der Waals surface area contributed by atoms with E-state index in [0.29, 0.717) is 24.9 Å². The predicted octanol–water partition coefficient (Wildman–Crippen LogP) is 5.08. The Morgan fingerprint density at radius 3 is 1.94 bits per heavy atom. The summed E-state index contributed by atoms with van der Waals surface area (Å²) >= 11 is 0. The van der Waals surface area contributed by atoms with Gasteiger partial charge in [0.05, 0.1) is 6.21 Å². The van der Waals surface area contributed by atoms with E-state index in [1.165, 1.54) is 0 Å². The Morgan fingerprint density at radius 2 is 1.29 bits per heavy atom. The van der Waals surface area contributed by atoms with Crippen molar-refractivity contribution < 1.29 is 9.47 Å². The van der Waals surface area contributed by atoms with Crippen LogP contribution in [0.2, 0.25) is 0 Å². The van der Waals surface area contributed by atoms with Crippen LogP contribution >= 0.6 is 0 Å². The predicted molar refractivity (Wildman–Crippen MR) is 121 cm³/mol. The first-order valence-corrected chi connectivity index (χ1v) is 9.92. The minimum Gasteiger partial charge on any atom is -0.473 e. The van der Waals surface area contributed by atoms with E-state index >= 15 is 0 Å². The van der Waals surface area contributed by atoms with Crippen LogP contribution in [0.4, 0.5) is 5.82 Å². The number of ether oxygens (including phenoxy) is 2. The molecule has 0 aliphatic rings. The molecule has 4 aromatic rings. The van der Waals surface area contributed by atoms with Gasteiger partial charge in [-0.1, -0.05) is 91.0 Å². The SMILES string of the molecule is C(=N/Nc1cc(OCc2ccccc2)nc(OCc2ccccc2)n1)/c1ccccc1. The maximum Gasteiger partial charge on any atom is 0.322 e. The molecule has 0 amide bonds. The van der Waals surface area contributed by atoms with Crippen molar-refractivity contribution in [2.45, 2.75) is 13.2 Å². The second-order valence-corrected chi connectivity index (χ2v) is 6.70. The summed E-state index contributed by atoms with van der Waals surface area (Å²) in [4.78, 5) is 8.78. The topological polar surface area (TPSA) is 68.6 Å². The molecule has 154 valence electrons. The maximum atomic E-state index is 5.87. The summed E-state index contributed by atoms with van der Waals surface area (Å²) in [5.41, 5.74) is 5.98. The van der Waals surface area contributed by atoms with Crippen LogP contribution in [-0.4, -0.2) is 16.2 Å². The van der Waals surface area contributed by atoms with Gasteiger partial charge in [-0.3, -0.25) is 5.43 Å². The third-order valence-electron chi connectivity index (χ3n) is 4.31. The van der Waals surface area contributed by atoms with E-state index < -0.39 is 0 Å². The summed E-state index contributed by atoms with van der Waals surface area (Å²) in [6.07, 6.45) is 1.72. The standard InChI is InChI=1S/C25H22N4O2/c1-4-10-20(11-5-1)17-26-29-23-16-24(30-18-21-12-6-2-7-13-21)28-25(27-23)31-19-22-14-8-3-9-15-22/h1-17H,18-19H2,(H,27,28,29)/b26-17-. The van der Waals surface area contributed by atoms with E-state index in [9.17, 15) is 0 Å². The van der Waals surface area contributed by atoms with Gasteiger partial charge < -0.3 is 9.47 Å². The smallest absolute Gasteiger partial charge is 0.322 e. The van der Waals surface area contributed by atoms with E-state index in [0.717, 1.165) is 16.7 Å². The Kier molecular flexibility index (Phi) is 6.84. The quantitative estimate of drug-likeness (QED) is 0.308. The first-order valence-electron chi connectivity index (χ1n) is 9.92. The first kappa shape index (κ1) is 20.1. The normalized spacial score (nSPS) is 10.7. The van der Waals surface area contributed by atoms with Gasteiger partial charge in [-0.25, -0.2) is 0 Å². The van der Waals surface area contributed by atoms with E-state index in [-0.39, 0.29) is 6.01 Å².